The molecular weight excluding hydrogens is 382 g/mol. The van der Waals surface area contributed by atoms with E-state index in [2.05, 4.69) is 15.9 Å². The monoisotopic (exact) mass is 390 g/mol. The number of rotatable bonds is 2. The molecule has 0 aliphatic heterocycles. The van der Waals surface area contributed by atoms with Crippen LogP contribution in [0.25, 0.3) is 0 Å². The number of hydrogen-bond donors (Lipinski definition) is 0. The first-order valence-corrected chi connectivity index (χ1v) is 6.71. The molecule has 0 N–H and O–H groups in total. The van der Waals surface area contributed by atoms with Crippen LogP contribution in [0.2, 0.25) is 0 Å². The van der Waals surface area contributed by atoms with Crippen LogP contribution in [0.1, 0.15) is 11.1 Å². The quantitative estimate of drug-likeness (QED) is 0.511. The van der Waals surface area contributed by atoms with Gasteiger partial charge in [-0.2, -0.15) is 0 Å². The molecule has 0 unspecified atom stereocenters. The highest BCUT2D eigenvalue weighted by molar-refractivity contribution is 14.1. The van der Waals surface area contributed by atoms with Gasteiger partial charge in [-0.05, 0) is 68.2 Å². The van der Waals surface area contributed by atoms with Crippen molar-refractivity contribution in [2.24, 2.45) is 0 Å². The Labute approximate surface area is 116 Å². The van der Waals surface area contributed by atoms with Gasteiger partial charge in [-0.1, -0.05) is 30.3 Å². The lowest BCUT2D eigenvalue weighted by Gasteiger charge is -2.05. The third kappa shape index (κ3) is 2.83. The summed E-state index contributed by atoms with van der Waals surface area (Å²) >= 11 is 5.36. The number of benzene rings is 2. The molecule has 0 spiro atoms. The summed E-state index contributed by atoms with van der Waals surface area (Å²) in [4.78, 5) is 0. The van der Waals surface area contributed by atoms with Gasteiger partial charge in [-0.3, -0.25) is 0 Å². The van der Waals surface area contributed by atoms with Crippen molar-refractivity contribution in [2.75, 3.05) is 0 Å². The Kier molecular flexibility index (Phi) is 3.97. The molecule has 16 heavy (non-hydrogen) atoms. The van der Waals surface area contributed by atoms with Crippen LogP contribution in [-0.2, 0) is 6.42 Å². The maximum Gasteiger partial charge on any atom is 0.137 e. The first kappa shape index (κ1) is 12.0. The summed E-state index contributed by atoms with van der Waals surface area (Å²) in [5, 5.41) is 0. The van der Waals surface area contributed by atoms with Crippen LogP contribution in [0.3, 0.4) is 0 Å². The van der Waals surface area contributed by atoms with Crippen molar-refractivity contribution in [2.45, 2.75) is 6.42 Å². The summed E-state index contributed by atoms with van der Waals surface area (Å²) in [6, 6.07) is 13.6. The normalized spacial score (nSPS) is 10.4. The van der Waals surface area contributed by atoms with E-state index in [0.29, 0.717) is 3.57 Å². The second-order valence-corrected chi connectivity index (χ2v) is 5.47. The molecule has 0 heterocycles. The van der Waals surface area contributed by atoms with E-state index in [1.807, 2.05) is 59.0 Å². The molecule has 2 aromatic rings. The average Bonchev–Trinajstić information content (AvgIpc) is 2.27. The lowest BCUT2D eigenvalue weighted by molar-refractivity contribution is 0.617. The molecule has 0 nitrogen and oxygen atoms in total. The summed E-state index contributed by atoms with van der Waals surface area (Å²) in [7, 11) is 0. The molecule has 0 amide bonds. The highest BCUT2D eigenvalue weighted by Crippen LogP contribution is 2.24. The first-order valence-electron chi connectivity index (χ1n) is 4.84. The van der Waals surface area contributed by atoms with E-state index in [4.69, 9.17) is 0 Å². The van der Waals surface area contributed by atoms with Crippen LogP contribution in [-0.4, -0.2) is 0 Å². The minimum Gasteiger partial charge on any atom is -0.206 e. The summed E-state index contributed by atoms with van der Waals surface area (Å²) in [6.45, 7) is 0. The predicted octanol–water partition coefficient (Wildman–Crippen LogP) is 4.78. The molecule has 2 rings (SSSR count). The van der Waals surface area contributed by atoms with Crippen molar-refractivity contribution in [3.8, 4) is 0 Å². The molecule has 0 atom stereocenters. The zero-order valence-electron chi connectivity index (χ0n) is 8.38. The Morgan fingerprint density at radius 1 is 1.06 bits per heavy atom. The second-order valence-electron chi connectivity index (χ2n) is 3.54. The molecule has 2 aromatic carbocycles. The molecule has 82 valence electrons. The zero-order valence-corrected chi connectivity index (χ0v) is 12.1. The lowest BCUT2D eigenvalue weighted by Crippen LogP contribution is -1.92. The van der Waals surface area contributed by atoms with Crippen molar-refractivity contribution >= 4 is 38.5 Å². The largest absolute Gasteiger partial charge is 0.206 e. The topological polar surface area (TPSA) is 0 Å². The fourth-order valence-electron chi connectivity index (χ4n) is 1.54. The van der Waals surface area contributed by atoms with Gasteiger partial charge in [0, 0.05) is 4.47 Å². The van der Waals surface area contributed by atoms with E-state index < -0.39 is 0 Å². The lowest BCUT2D eigenvalue weighted by atomic mass is 10.1. The van der Waals surface area contributed by atoms with E-state index in [0.717, 1.165) is 16.5 Å². The Bertz CT molecular complexity index is 474. The molecule has 0 saturated carbocycles. The maximum absolute atomic E-state index is 13.5. The Morgan fingerprint density at radius 3 is 2.38 bits per heavy atom. The van der Waals surface area contributed by atoms with Gasteiger partial charge in [0.05, 0.1) is 3.57 Å². The Balaban J connectivity index is 2.29. The third-order valence-corrected chi connectivity index (χ3v) is 4.76. The van der Waals surface area contributed by atoms with Crippen molar-refractivity contribution in [3.05, 3.63) is 67.5 Å². The van der Waals surface area contributed by atoms with Gasteiger partial charge in [0.25, 0.3) is 0 Å². The van der Waals surface area contributed by atoms with Gasteiger partial charge < -0.3 is 0 Å². The van der Waals surface area contributed by atoms with Gasteiger partial charge in [0.15, 0.2) is 0 Å². The minimum atomic E-state index is -0.166. The first-order chi connectivity index (χ1) is 7.66. The Hall–Kier alpha value is -0.420. The second kappa shape index (κ2) is 5.27. The molecule has 0 aliphatic rings. The molecule has 0 aromatic heterocycles. The fourth-order valence-corrected chi connectivity index (χ4v) is 2.34. The van der Waals surface area contributed by atoms with Crippen LogP contribution < -0.4 is 0 Å². The van der Waals surface area contributed by atoms with Gasteiger partial charge in [0.2, 0.25) is 0 Å². The van der Waals surface area contributed by atoms with Gasteiger partial charge in [-0.15, -0.1) is 0 Å². The highest BCUT2D eigenvalue weighted by atomic mass is 127. The standard InChI is InChI=1S/C13H9BrFI/c14-11-7-10(8-12(15)13(11)16)6-9-4-2-1-3-5-9/h1-5,7-8H,6H2. The Morgan fingerprint density at radius 2 is 1.75 bits per heavy atom. The minimum absolute atomic E-state index is 0.166. The van der Waals surface area contributed by atoms with Crippen molar-refractivity contribution in [1.82, 2.24) is 0 Å². The fraction of sp³-hybridized carbons (Fsp3) is 0.0769. The summed E-state index contributed by atoms with van der Waals surface area (Å²) in [6.07, 6.45) is 0.757. The molecule has 0 radical (unpaired) electrons. The van der Waals surface area contributed by atoms with Gasteiger partial charge >= 0.3 is 0 Å². The average molecular weight is 391 g/mol. The van der Waals surface area contributed by atoms with Crippen LogP contribution in [0.15, 0.2) is 46.9 Å². The molecule has 0 aliphatic carbocycles. The van der Waals surface area contributed by atoms with Crippen LogP contribution in [0.4, 0.5) is 4.39 Å². The maximum atomic E-state index is 13.5. The van der Waals surface area contributed by atoms with Crippen molar-refractivity contribution in [3.63, 3.8) is 0 Å². The summed E-state index contributed by atoms with van der Waals surface area (Å²) < 4.78 is 15.0. The number of hydrogen-bond acceptors (Lipinski definition) is 0. The number of halogens is 3. The molecular formula is C13H9BrFI. The van der Waals surface area contributed by atoms with Gasteiger partial charge in [-0.25, -0.2) is 4.39 Å². The molecule has 0 saturated heterocycles. The van der Waals surface area contributed by atoms with Crippen LogP contribution in [0, 0.1) is 9.39 Å². The van der Waals surface area contributed by atoms with E-state index >= 15 is 0 Å². The van der Waals surface area contributed by atoms with E-state index in [1.54, 1.807) is 6.07 Å². The van der Waals surface area contributed by atoms with Gasteiger partial charge in [0.1, 0.15) is 5.82 Å². The van der Waals surface area contributed by atoms with Crippen LogP contribution >= 0.6 is 38.5 Å². The summed E-state index contributed by atoms with van der Waals surface area (Å²) in [5.74, 6) is -0.166. The van der Waals surface area contributed by atoms with E-state index in [-0.39, 0.29) is 5.82 Å². The van der Waals surface area contributed by atoms with E-state index in [1.165, 1.54) is 5.56 Å². The molecule has 3 heteroatoms. The molecule has 0 fully saturated rings. The SMILES string of the molecule is Fc1cc(Cc2ccccc2)cc(Br)c1I. The van der Waals surface area contributed by atoms with E-state index in [9.17, 15) is 4.39 Å². The summed E-state index contributed by atoms with van der Waals surface area (Å²) in [5.41, 5.74) is 2.17. The van der Waals surface area contributed by atoms with Crippen molar-refractivity contribution in [1.29, 1.82) is 0 Å². The zero-order chi connectivity index (χ0) is 11.5. The third-order valence-electron chi connectivity index (χ3n) is 2.29. The highest BCUT2D eigenvalue weighted by Gasteiger charge is 2.06. The van der Waals surface area contributed by atoms with Crippen LogP contribution in [0.5, 0.6) is 0 Å². The molecule has 0 bridgehead atoms. The predicted molar refractivity (Wildman–Crippen MR) is 76.1 cm³/mol. The smallest absolute Gasteiger partial charge is 0.137 e. The van der Waals surface area contributed by atoms with Crippen molar-refractivity contribution < 1.29 is 4.39 Å².